The second-order valence-corrected chi connectivity index (χ2v) is 4.89. The molecule has 2 rings (SSSR count). The lowest BCUT2D eigenvalue weighted by atomic mass is 10.0. The van der Waals surface area contributed by atoms with Gasteiger partial charge >= 0.3 is 0 Å². The molecule has 2 aromatic rings. The number of halogens is 1. The van der Waals surface area contributed by atoms with Gasteiger partial charge in [-0.1, -0.05) is 17.5 Å². The highest BCUT2D eigenvalue weighted by Gasteiger charge is 2.19. The van der Waals surface area contributed by atoms with Gasteiger partial charge in [0.1, 0.15) is 0 Å². The van der Waals surface area contributed by atoms with E-state index < -0.39 is 0 Å². The lowest BCUT2D eigenvalue weighted by molar-refractivity contribution is 0.386. The maximum atomic E-state index is 13.8. The molecule has 0 amide bonds. The first-order valence-corrected chi connectivity index (χ1v) is 6.80. The van der Waals surface area contributed by atoms with Crippen LogP contribution in [0.4, 0.5) is 4.39 Å². The van der Waals surface area contributed by atoms with Crippen LogP contribution in [0.1, 0.15) is 29.1 Å². The van der Waals surface area contributed by atoms with Crippen LogP contribution in [0.5, 0.6) is 5.75 Å². The summed E-state index contributed by atoms with van der Waals surface area (Å²) in [4.78, 5) is 1.01. The molecular formula is C13H16FN3OS. The van der Waals surface area contributed by atoms with Crippen LogP contribution < -0.4 is 10.1 Å². The summed E-state index contributed by atoms with van der Waals surface area (Å²) >= 11 is 1.33. The lowest BCUT2D eigenvalue weighted by Gasteiger charge is -2.17. The molecule has 0 aliphatic rings. The van der Waals surface area contributed by atoms with E-state index in [1.165, 1.54) is 24.7 Å². The van der Waals surface area contributed by atoms with Crippen molar-refractivity contribution in [2.75, 3.05) is 13.7 Å². The van der Waals surface area contributed by atoms with Crippen molar-refractivity contribution in [2.45, 2.75) is 19.9 Å². The van der Waals surface area contributed by atoms with Crippen molar-refractivity contribution in [3.05, 3.63) is 40.2 Å². The molecule has 1 aromatic heterocycles. The lowest BCUT2D eigenvalue weighted by Crippen LogP contribution is -2.22. The predicted octanol–water partition coefficient (Wildman–Crippen LogP) is 2.69. The van der Waals surface area contributed by atoms with Crippen molar-refractivity contribution in [2.24, 2.45) is 0 Å². The number of nitrogens with zero attached hydrogens (tertiary/aromatic N) is 2. The van der Waals surface area contributed by atoms with Gasteiger partial charge in [0, 0.05) is 0 Å². The Morgan fingerprint density at radius 1 is 1.47 bits per heavy atom. The van der Waals surface area contributed by atoms with Gasteiger partial charge in [0.25, 0.3) is 0 Å². The number of ether oxygens (including phenoxy) is 1. The van der Waals surface area contributed by atoms with Gasteiger partial charge in [-0.15, -0.1) is 5.10 Å². The highest BCUT2D eigenvalue weighted by molar-refractivity contribution is 7.05. The minimum absolute atomic E-state index is 0.0922. The number of hydrogen-bond acceptors (Lipinski definition) is 5. The Labute approximate surface area is 115 Å². The van der Waals surface area contributed by atoms with Crippen molar-refractivity contribution in [1.82, 2.24) is 14.9 Å². The Balaban J connectivity index is 2.39. The third-order valence-corrected chi connectivity index (χ3v) is 3.76. The highest BCUT2D eigenvalue weighted by atomic mass is 32.1. The molecule has 6 heteroatoms. The van der Waals surface area contributed by atoms with Crippen molar-refractivity contribution in [3.63, 3.8) is 0 Å². The summed E-state index contributed by atoms with van der Waals surface area (Å²) in [7, 11) is 1.46. The van der Waals surface area contributed by atoms with Crippen LogP contribution in [0.25, 0.3) is 0 Å². The molecule has 0 aliphatic carbocycles. The topological polar surface area (TPSA) is 47.0 Å². The van der Waals surface area contributed by atoms with Crippen LogP contribution in [0.2, 0.25) is 0 Å². The Hall–Kier alpha value is -1.53. The SMILES string of the molecule is CCNC(c1ccc(OC)c(F)c1)c1snnc1C. The number of benzene rings is 1. The maximum Gasteiger partial charge on any atom is 0.165 e. The Bertz CT molecular complexity index is 559. The zero-order chi connectivity index (χ0) is 13.8. The van der Waals surface area contributed by atoms with Gasteiger partial charge in [-0.25, -0.2) is 4.39 Å². The smallest absolute Gasteiger partial charge is 0.165 e. The molecule has 0 spiro atoms. The fraction of sp³-hybridized carbons (Fsp3) is 0.385. The van der Waals surface area contributed by atoms with E-state index in [0.717, 1.165) is 22.7 Å². The molecule has 0 saturated carbocycles. The van der Waals surface area contributed by atoms with Crippen molar-refractivity contribution < 1.29 is 9.13 Å². The summed E-state index contributed by atoms with van der Waals surface area (Å²) in [5, 5.41) is 7.34. The summed E-state index contributed by atoms with van der Waals surface area (Å²) in [6.07, 6.45) is 0. The molecule has 1 N–H and O–H groups in total. The Kier molecular flexibility index (Phi) is 4.44. The van der Waals surface area contributed by atoms with Gasteiger partial charge < -0.3 is 10.1 Å². The highest BCUT2D eigenvalue weighted by Crippen LogP contribution is 2.29. The summed E-state index contributed by atoms with van der Waals surface area (Å²) in [5.41, 5.74) is 1.71. The first kappa shape index (κ1) is 13.9. The largest absolute Gasteiger partial charge is 0.494 e. The quantitative estimate of drug-likeness (QED) is 0.915. The molecule has 0 aliphatic heterocycles. The predicted molar refractivity (Wildman–Crippen MR) is 73.1 cm³/mol. The van der Waals surface area contributed by atoms with E-state index >= 15 is 0 Å². The number of aromatic nitrogens is 2. The van der Waals surface area contributed by atoms with Gasteiger partial charge in [0.15, 0.2) is 11.6 Å². The van der Waals surface area contributed by atoms with Crippen LogP contribution in [0, 0.1) is 12.7 Å². The van der Waals surface area contributed by atoms with E-state index in [0.29, 0.717) is 0 Å². The van der Waals surface area contributed by atoms with Gasteiger partial charge in [-0.3, -0.25) is 0 Å². The van der Waals surface area contributed by atoms with E-state index in [1.54, 1.807) is 6.07 Å². The fourth-order valence-electron chi connectivity index (χ4n) is 1.93. The van der Waals surface area contributed by atoms with Crippen LogP contribution in [0.3, 0.4) is 0 Å². The van der Waals surface area contributed by atoms with Crippen LogP contribution >= 0.6 is 11.5 Å². The Morgan fingerprint density at radius 3 is 2.79 bits per heavy atom. The van der Waals surface area contributed by atoms with Crippen molar-refractivity contribution in [3.8, 4) is 5.75 Å². The molecule has 4 nitrogen and oxygen atoms in total. The maximum absolute atomic E-state index is 13.8. The molecule has 0 radical (unpaired) electrons. The van der Waals surface area contributed by atoms with Crippen LogP contribution in [-0.2, 0) is 0 Å². The molecule has 102 valence electrons. The minimum Gasteiger partial charge on any atom is -0.494 e. The standard InChI is InChI=1S/C13H16FN3OS/c1-4-15-12(13-8(2)16-17-19-13)9-5-6-11(18-3)10(14)7-9/h5-7,12,15H,4H2,1-3H3. The third-order valence-electron chi connectivity index (χ3n) is 2.87. The fourth-order valence-corrected chi connectivity index (χ4v) is 2.68. The number of methoxy groups -OCH3 is 1. The minimum atomic E-state index is -0.363. The molecule has 1 unspecified atom stereocenters. The monoisotopic (exact) mass is 281 g/mol. The number of rotatable bonds is 5. The van der Waals surface area contributed by atoms with E-state index in [-0.39, 0.29) is 17.6 Å². The zero-order valence-corrected chi connectivity index (χ0v) is 11.9. The van der Waals surface area contributed by atoms with Gasteiger partial charge in [0.2, 0.25) is 0 Å². The van der Waals surface area contributed by atoms with Crippen molar-refractivity contribution in [1.29, 1.82) is 0 Å². The van der Waals surface area contributed by atoms with E-state index in [2.05, 4.69) is 14.9 Å². The van der Waals surface area contributed by atoms with Crippen LogP contribution in [-0.4, -0.2) is 23.2 Å². The number of nitrogens with one attached hydrogen (secondary N) is 1. The summed E-state index contributed by atoms with van der Waals surface area (Å²) in [5.74, 6) is -0.115. The number of aryl methyl sites for hydroxylation is 1. The molecule has 1 heterocycles. The summed E-state index contributed by atoms with van der Waals surface area (Å²) in [6, 6.07) is 4.89. The molecule has 1 aromatic carbocycles. The first-order valence-electron chi connectivity index (χ1n) is 6.03. The second-order valence-electron chi connectivity index (χ2n) is 4.11. The average molecular weight is 281 g/mol. The normalized spacial score (nSPS) is 12.4. The molecule has 0 fully saturated rings. The average Bonchev–Trinajstić information content (AvgIpc) is 2.82. The third kappa shape index (κ3) is 2.90. The molecule has 19 heavy (non-hydrogen) atoms. The summed E-state index contributed by atoms with van der Waals surface area (Å²) < 4.78 is 22.7. The van der Waals surface area contributed by atoms with E-state index in [1.807, 2.05) is 19.9 Å². The Morgan fingerprint density at radius 2 is 2.26 bits per heavy atom. The molecule has 1 atom stereocenters. The van der Waals surface area contributed by atoms with Crippen molar-refractivity contribution >= 4 is 11.5 Å². The first-order chi connectivity index (χ1) is 9.17. The molecule has 0 saturated heterocycles. The zero-order valence-electron chi connectivity index (χ0n) is 11.1. The van der Waals surface area contributed by atoms with Gasteiger partial charge in [-0.05, 0) is 42.7 Å². The van der Waals surface area contributed by atoms with Crippen LogP contribution in [0.15, 0.2) is 18.2 Å². The molecule has 0 bridgehead atoms. The number of hydrogen-bond donors (Lipinski definition) is 1. The summed E-state index contributed by atoms with van der Waals surface area (Å²) in [6.45, 7) is 4.69. The second kappa shape index (κ2) is 6.08. The molecular weight excluding hydrogens is 265 g/mol. The van der Waals surface area contributed by atoms with Gasteiger partial charge in [-0.2, -0.15) is 0 Å². The van der Waals surface area contributed by atoms with E-state index in [9.17, 15) is 4.39 Å². The van der Waals surface area contributed by atoms with Gasteiger partial charge in [0.05, 0.1) is 23.7 Å². The van der Waals surface area contributed by atoms with E-state index in [4.69, 9.17) is 4.74 Å².